The minimum Gasteiger partial charge on any atom is -0.490 e. The van der Waals surface area contributed by atoms with Crippen molar-refractivity contribution in [2.45, 2.75) is 36.7 Å². The van der Waals surface area contributed by atoms with Gasteiger partial charge in [-0.2, -0.15) is 4.31 Å². The fourth-order valence-corrected chi connectivity index (χ4v) is 4.34. The molecule has 1 saturated carbocycles. The molecule has 6 nitrogen and oxygen atoms in total. The normalized spacial score (nSPS) is 15.0. The molecule has 0 saturated heterocycles. The van der Waals surface area contributed by atoms with Gasteiger partial charge < -0.3 is 10.1 Å². The second-order valence-electron chi connectivity index (χ2n) is 6.81. The number of ether oxygens (including phenoxy) is 1. The third-order valence-electron chi connectivity index (χ3n) is 4.63. The van der Waals surface area contributed by atoms with Gasteiger partial charge in [0.1, 0.15) is 5.75 Å². The maximum absolute atomic E-state index is 12.5. The van der Waals surface area contributed by atoms with Gasteiger partial charge in [-0.25, -0.2) is 8.42 Å². The molecule has 1 amide bonds. The highest BCUT2D eigenvalue weighted by molar-refractivity contribution is 7.89. The van der Waals surface area contributed by atoms with Gasteiger partial charge >= 0.3 is 0 Å². The predicted octanol–water partition coefficient (Wildman–Crippen LogP) is 3.92. The number of hydrogen-bond acceptors (Lipinski definition) is 4. The Morgan fingerprint density at radius 1 is 1.11 bits per heavy atom. The molecule has 0 aromatic heterocycles. The van der Waals surface area contributed by atoms with Crippen molar-refractivity contribution < 1.29 is 17.9 Å². The van der Waals surface area contributed by atoms with E-state index in [1.165, 1.54) is 44.2 Å². The molecule has 1 fully saturated rings. The van der Waals surface area contributed by atoms with Crippen molar-refractivity contribution in [3.8, 4) is 5.75 Å². The number of nitrogens with one attached hydrogen (secondary N) is 1. The van der Waals surface area contributed by atoms with Crippen molar-refractivity contribution in [3.63, 3.8) is 0 Å². The first kappa shape index (κ1) is 20.6. The highest BCUT2D eigenvalue weighted by Crippen LogP contribution is 2.25. The minimum absolute atomic E-state index is 0.0839. The van der Waals surface area contributed by atoms with E-state index in [0.29, 0.717) is 10.7 Å². The van der Waals surface area contributed by atoms with Crippen LogP contribution in [0, 0.1) is 0 Å². The van der Waals surface area contributed by atoms with E-state index in [1.807, 2.05) is 12.1 Å². The van der Waals surface area contributed by atoms with Gasteiger partial charge in [0, 0.05) is 17.8 Å². The van der Waals surface area contributed by atoms with Crippen LogP contribution in [-0.4, -0.2) is 38.3 Å². The second kappa shape index (κ2) is 8.94. The number of benzene rings is 2. The Kier molecular flexibility index (Phi) is 6.59. The molecule has 0 spiro atoms. The van der Waals surface area contributed by atoms with Crippen molar-refractivity contribution in [1.29, 1.82) is 0 Å². The average Bonchev–Trinajstić information content (AvgIpc) is 3.16. The van der Waals surface area contributed by atoms with E-state index >= 15 is 0 Å². The number of hydrogen-bond donors (Lipinski definition) is 1. The molecule has 1 N–H and O–H groups in total. The molecule has 0 unspecified atom stereocenters. The van der Waals surface area contributed by atoms with Gasteiger partial charge in [-0.15, -0.1) is 0 Å². The summed E-state index contributed by atoms with van der Waals surface area (Å²) in [6.45, 7) is -0.300. The van der Waals surface area contributed by atoms with E-state index in [4.69, 9.17) is 16.3 Å². The molecule has 0 bridgehead atoms. The second-order valence-corrected chi connectivity index (χ2v) is 9.29. The molecule has 0 radical (unpaired) electrons. The lowest BCUT2D eigenvalue weighted by Gasteiger charge is -2.17. The topological polar surface area (TPSA) is 75.7 Å². The Morgan fingerprint density at radius 2 is 1.71 bits per heavy atom. The van der Waals surface area contributed by atoms with E-state index < -0.39 is 15.9 Å². The highest BCUT2D eigenvalue weighted by Gasteiger charge is 2.23. The Balaban J connectivity index is 1.56. The average molecular weight is 423 g/mol. The van der Waals surface area contributed by atoms with Crippen LogP contribution in [0.4, 0.5) is 5.69 Å². The minimum atomic E-state index is -3.77. The molecular weight excluding hydrogens is 400 g/mol. The van der Waals surface area contributed by atoms with Gasteiger partial charge in [0.25, 0.3) is 0 Å². The maximum atomic E-state index is 12.5. The zero-order valence-electron chi connectivity index (χ0n) is 15.6. The number of amides is 1. The molecule has 1 aliphatic carbocycles. The molecule has 1 aliphatic rings. The van der Waals surface area contributed by atoms with Crippen molar-refractivity contribution in [3.05, 3.63) is 53.6 Å². The summed E-state index contributed by atoms with van der Waals surface area (Å²) < 4.78 is 31.9. The summed E-state index contributed by atoms with van der Waals surface area (Å²) in [6.07, 6.45) is 4.82. The standard InChI is InChI=1S/C20H23ClN2O4S/c1-23(28(25,26)19-12-6-15(21)7-13-19)14-20(24)22-16-8-10-18(11-9-16)27-17-4-2-3-5-17/h6-13,17H,2-5,14H2,1H3,(H,22,24). The summed E-state index contributed by atoms with van der Waals surface area (Å²) in [6, 6.07) is 12.9. The molecule has 0 heterocycles. The Hall–Kier alpha value is -2.09. The Labute approximate surface area is 170 Å². The number of anilines is 1. The number of likely N-dealkylation sites (N-methyl/N-ethyl adjacent to an activating group) is 1. The zero-order valence-corrected chi connectivity index (χ0v) is 17.2. The zero-order chi connectivity index (χ0) is 20.1. The van der Waals surface area contributed by atoms with Crippen LogP contribution in [0.1, 0.15) is 25.7 Å². The van der Waals surface area contributed by atoms with Crippen LogP contribution < -0.4 is 10.1 Å². The predicted molar refractivity (Wildman–Crippen MR) is 109 cm³/mol. The first-order valence-corrected chi connectivity index (χ1v) is 10.9. The van der Waals surface area contributed by atoms with Gasteiger partial charge in [-0.3, -0.25) is 4.79 Å². The van der Waals surface area contributed by atoms with Crippen molar-refractivity contribution in [1.82, 2.24) is 4.31 Å². The summed E-state index contributed by atoms with van der Waals surface area (Å²) in [4.78, 5) is 12.3. The molecule has 0 atom stereocenters. The van der Waals surface area contributed by atoms with Crippen molar-refractivity contribution in [2.24, 2.45) is 0 Å². The molecule has 150 valence electrons. The van der Waals surface area contributed by atoms with Crippen LogP contribution in [0.15, 0.2) is 53.4 Å². The van der Waals surface area contributed by atoms with Gasteiger partial charge in [0.15, 0.2) is 0 Å². The van der Waals surface area contributed by atoms with Crippen LogP contribution in [0.25, 0.3) is 0 Å². The van der Waals surface area contributed by atoms with Crippen molar-refractivity contribution in [2.75, 3.05) is 18.9 Å². The summed E-state index contributed by atoms with van der Waals surface area (Å²) in [7, 11) is -2.41. The Bertz CT molecular complexity index is 908. The summed E-state index contributed by atoms with van der Waals surface area (Å²) >= 11 is 5.79. The Morgan fingerprint density at radius 3 is 2.32 bits per heavy atom. The van der Waals surface area contributed by atoms with Crippen LogP contribution in [0.5, 0.6) is 5.75 Å². The molecule has 2 aromatic carbocycles. The summed E-state index contributed by atoms with van der Waals surface area (Å²) in [5.74, 6) is 0.344. The maximum Gasteiger partial charge on any atom is 0.243 e. The number of halogens is 1. The molecule has 8 heteroatoms. The fourth-order valence-electron chi connectivity index (χ4n) is 3.09. The monoisotopic (exact) mass is 422 g/mol. The van der Waals surface area contributed by atoms with Gasteiger partial charge in [0.05, 0.1) is 17.5 Å². The third kappa shape index (κ3) is 5.25. The summed E-state index contributed by atoms with van der Waals surface area (Å²) in [5, 5.41) is 3.15. The van der Waals surface area contributed by atoms with E-state index in [-0.39, 0.29) is 17.5 Å². The molecular formula is C20H23ClN2O4S. The van der Waals surface area contributed by atoms with Crippen LogP contribution in [0.3, 0.4) is 0 Å². The molecule has 2 aromatic rings. The van der Waals surface area contributed by atoms with Crippen LogP contribution >= 0.6 is 11.6 Å². The largest absolute Gasteiger partial charge is 0.490 e. The first-order valence-electron chi connectivity index (χ1n) is 9.13. The first-order chi connectivity index (χ1) is 13.3. The van der Waals surface area contributed by atoms with Gasteiger partial charge in [0.2, 0.25) is 15.9 Å². The molecule has 3 rings (SSSR count). The van der Waals surface area contributed by atoms with Crippen LogP contribution in [0.2, 0.25) is 5.02 Å². The fraction of sp³-hybridized carbons (Fsp3) is 0.350. The van der Waals surface area contributed by atoms with Crippen molar-refractivity contribution >= 4 is 33.2 Å². The number of sulfonamides is 1. The number of carbonyl (C=O) groups is 1. The van der Waals surface area contributed by atoms with E-state index in [0.717, 1.165) is 22.9 Å². The molecule has 28 heavy (non-hydrogen) atoms. The van der Waals surface area contributed by atoms with Gasteiger partial charge in [-0.05, 0) is 74.2 Å². The highest BCUT2D eigenvalue weighted by atomic mass is 35.5. The smallest absolute Gasteiger partial charge is 0.243 e. The summed E-state index contributed by atoms with van der Waals surface area (Å²) in [5.41, 5.74) is 0.584. The van der Waals surface area contributed by atoms with E-state index in [2.05, 4.69) is 5.32 Å². The lowest BCUT2D eigenvalue weighted by atomic mass is 10.2. The molecule has 0 aliphatic heterocycles. The third-order valence-corrected chi connectivity index (χ3v) is 6.70. The lowest BCUT2D eigenvalue weighted by molar-refractivity contribution is -0.116. The number of rotatable bonds is 7. The number of nitrogens with zero attached hydrogens (tertiary/aromatic N) is 1. The SMILES string of the molecule is CN(CC(=O)Nc1ccc(OC2CCCC2)cc1)S(=O)(=O)c1ccc(Cl)cc1. The van der Waals surface area contributed by atoms with E-state index in [1.54, 1.807) is 12.1 Å². The number of carbonyl (C=O) groups excluding carboxylic acids is 1. The van der Waals surface area contributed by atoms with E-state index in [9.17, 15) is 13.2 Å². The quantitative estimate of drug-likeness (QED) is 0.733. The van der Waals surface area contributed by atoms with Crippen LogP contribution in [-0.2, 0) is 14.8 Å². The van der Waals surface area contributed by atoms with Gasteiger partial charge in [-0.1, -0.05) is 11.6 Å². The lowest BCUT2D eigenvalue weighted by Crippen LogP contribution is -2.34.